The molecule has 1 amide bonds. The van der Waals surface area contributed by atoms with Crippen molar-refractivity contribution >= 4 is 11.6 Å². The first-order valence-electron chi connectivity index (χ1n) is 9.34. The molecular weight excluding hydrogens is 298 g/mol. The van der Waals surface area contributed by atoms with E-state index in [4.69, 9.17) is 0 Å². The molecule has 1 fully saturated rings. The average Bonchev–Trinajstić information content (AvgIpc) is 2.59. The van der Waals surface area contributed by atoms with Crippen molar-refractivity contribution in [2.24, 2.45) is 5.92 Å². The van der Waals surface area contributed by atoms with Gasteiger partial charge >= 0.3 is 0 Å². The summed E-state index contributed by atoms with van der Waals surface area (Å²) >= 11 is 0. The molecule has 0 aromatic heterocycles. The minimum atomic E-state index is 0.116. The monoisotopic (exact) mass is 331 g/mol. The second kappa shape index (κ2) is 9.07. The van der Waals surface area contributed by atoms with E-state index in [1.165, 1.54) is 11.3 Å². The van der Waals surface area contributed by atoms with Gasteiger partial charge in [0.15, 0.2) is 0 Å². The smallest absolute Gasteiger partial charge is 0.223 e. The van der Waals surface area contributed by atoms with Crippen LogP contribution in [0.5, 0.6) is 0 Å². The summed E-state index contributed by atoms with van der Waals surface area (Å²) in [5.74, 6) is 0.305. The molecule has 1 aliphatic heterocycles. The normalized spacial score (nSPS) is 18.2. The van der Waals surface area contributed by atoms with Gasteiger partial charge in [-0.3, -0.25) is 9.69 Å². The Labute approximate surface area is 147 Å². The van der Waals surface area contributed by atoms with Crippen LogP contribution in [0.2, 0.25) is 0 Å². The number of benzene rings is 1. The number of carbonyl (C=O) groups excluding carboxylic acids is 1. The number of rotatable bonds is 7. The third-order valence-electron chi connectivity index (χ3n) is 5.07. The van der Waals surface area contributed by atoms with Gasteiger partial charge in [-0.15, -0.1) is 0 Å². The highest BCUT2D eigenvalue weighted by atomic mass is 16.1. The van der Waals surface area contributed by atoms with Gasteiger partial charge in [-0.05, 0) is 44.4 Å². The molecule has 1 aliphatic rings. The first-order valence-corrected chi connectivity index (χ1v) is 9.34. The minimum absolute atomic E-state index is 0.116. The van der Waals surface area contributed by atoms with E-state index in [0.29, 0.717) is 0 Å². The molecule has 0 unspecified atom stereocenters. The second-order valence-electron chi connectivity index (χ2n) is 7.18. The van der Waals surface area contributed by atoms with E-state index < -0.39 is 0 Å². The molecule has 0 bridgehead atoms. The molecule has 1 aromatic rings. The van der Waals surface area contributed by atoms with Crippen molar-refractivity contribution in [3.63, 3.8) is 0 Å². The summed E-state index contributed by atoms with van der Waals surface area (Å²) < 4.78 is 0. The van der Waals surface area contributed by atoms with Crippen LogP contribution in [0, 0.1) is 12.8 Å². The number of nitrogens with one attached hydrogen (secondary N) is 1. The maximum absolute atomic E-state index is 11.9. The van der Waals surface area contributed by atoms with E-state index in [2.05, 4.69) is 60.2 Å². The molecule has 1 saturated heterocycles. The number of piperazine rings is 1. The van der Waals surface area contributed by atoms with Crippen molar-refractivity contribution < 1.29 is 4.79 Å². The SMILES string of the molecule is CC[C@H](C)C(=O)N[C@H](C)CCN1CCN(c2cccc(C)c2)CC1. The van der Waals surface area contributed by atoms with Crippen molar-refractivity contribution in [1.82, 2.24) is 10.2 Å². The number of aryl methyl sites for hydroxylation is 1. The molecule has 2 atom stereocenters. The Morgan fingerprint density at radius 3 is 2.54 bits per heavy atom. The van der Waals surface area contributed by atoms with E-state index in [1.807, 2.05) is 6.92 Å². The Morgan fingerprint density at radius 1 is 1.21 bits per heavy atom. The number of hydrogen-bond acceptors (Lipinski definition) is 3. The third kappa shape index (κ3) is 5.52. The van der Waals surface area contributed by atoms with Crippen LogP contribution in [0.3, 0.4) is 0 Å². The van der Waals surface area contributed by atoms with Gasteiger partial charge in [-0.1, -0.05) is 26.0 Å². The fourth-order valence-electron chi connectivity index (χ4n) is 3.07. The van der Waals surface area contributed by atoms with Crippen LogP contribution < -0.4 is 10.2 Å². The standard InChI is InChI=1S/C20H33N3O/c1-5-17(3)20(24)21-18(4)9-10-22-11-13-23(14-12-22)19-8-6-7-16(2)15-19/h6-8,15,17-18H,5,9-14H2,1-4H3,(H,21,24)/t17-,18+/m0/s1. The summed E-state index contributed by atoms with van der Waals surface area (Å²) in [7, 11) is 0. The van der Waals surface area contributed by atoms with Gasteiger partial charge in [0.1, 0.15) is 0 Å². The van der Waals surface area contributed by atoms with Gasteiger partial charge in [-0.25, -0.2) is 0 Å². The van der Waals surface area contributed by atoms with Crippen LogP contribution in [-0.4, -0.2) is 49.6 Å². The van der Waals surface area contributed by atoms with Gasteiger partial charge in [0.05, 0.1) is 0 Å². The first-order chi connectivity index (χ1) is 11.5. The number of anilines is 1. The molecule has 1 heterocycles. The minimum Gasteiger partial charge on any atom is -0.369 e. The Kier molecular flexibility index (Phi) is 7.10. The maximum atomic E-state index is 11.9. The fraction of sp³-hybridized carbons (Fsp3) is 0.650. The van der Waals surface area contributed by atoms with Crippen LogP contribution in [0.4, 0.5) is 5.69 Å². The lowest BCUT2D eigenvalue weighted by atomic mass is 10.1. The highest BCUT2D eigenvalue weighted by molar-refractivity contribution is 5.78. The molecular formula is C20H33N3O. The summed E-state index contributed by atoms with van der Waals surface area (Å²) in [5, 5.41) is 3.13. The number of nitrogens with zero attached hydrogens (tertiary/aromatic N) is 2. The maximum Gasteiger partial charge on any atom is 0.223 e. The zero-order valence-electron chi connectivity index (χ0n) is 15.7. The van der Waals surface area contributed by atoms with Crippen LogP contribution in [0.25, 0.3) is 0 Å². The lowest BCUT2D eigenvalue weighted by Crippen LogP contribution is -2.47. The number of carbonyl (C=O) groups is 1. The zero-order valence-corrected chi connectivity index (χ0v) is 15.7. The topological polar surface area (TPSA) is 35.6 Å². The van der Waals surface area contributed by atoms with Crippen molar-refractivity contribution in [3.05, 3.63) is 29.8 Å². The largest absolute Gasteiger partial charge is 0.369 e. The van der Waals surface area contributed by atoms with E-state index >= 15 is 0 Å². The number of hydrogen-bond donors (Lipinski definition) is 1. The predicted octanol–water partition coefficient (Wildman–Crippen LogP) is 3.06. The second-order valence-corrected chi connectivity index (χ2v) is 7.18. The van der Waals surface area contributed by atoms with E-state index in [1.54, 1.807) is 0 Å². The van der Waals surface area contributed by atoms with Crippen LogP contribution in [0.1, 0.15) is 39.2 Å². The van der Waals surface area contributed by atoms with Crippen molar-refractivity contribution in [1.29, 1.82) is 0 Å². The molecule has 4 nitrogen and oxygen atoms in total. The molecule has 4 heteroatoms. The van der Waals surface area contributed by atoms with Crippen molar-refractivity contribution in [3.8, 4) is 0 Å². The van der Waals surface area contributed by atoms with Crippen molar-refractivity contribution in [2.75, 3.05) is 37.6 Å². The van der Waals surface area contributed by atoms with Crippen LogP contribution >= 0.6 is 0 Å². The number of amides is 1. The van der Waals surface area contributed by atoms with Crippen LogP contribution in [0.15, 0.2) is 24.3 Å². The summed E-state index contributed by atoms with van der Waals surface area (Å²) in [5.41, 5.74) is 2.66. The molecule has 1 N–H and O–H groups in total. The first kappa shape index (κ1) is 18.8. The molecule has 2 rings (SSSR count). The summed E-state index contributed by atoms with van der Waals surface area (Å²) in [6.45, 7) is 13.7. The third-order valence-corrected chi connectivity index (χ3v) is 5.07. The quantitative estimate of drug-likeness (QED) is 0.834. The zero-order chi connectivity index (χ0) is 17.5. The highest BCUT2D eigenvalue weighted by Gasteiger charge is 2.18. The molecule has 0 radical (unpaired) electrons. The van der Waals surface area contributed by atoms with Crippen molar-refractivity contribution in [2.45, 2.75) is 46.6 Å². The van der Waals surface area contributed by atoms with Gasteiger partial charge in [0.2, 0.25) is 5.91 Å². The Morgan fingerprint density at radius 2 is 1.92 bits per heavy atom. The molecule has 1 aromatic carbocycles. The summed E-state index contributed by atoms with van der Waals surface area (Å²) in [6.07, 6.45) is 1.92. The highest BCUT2D eigenvalue weighted by Crippen LogP contribution is 2.18. The summed E-state index contributed by atoms with van der Waals surface area (Å²) in [6, 6.07) is 9.01. The van der Waals surface area contributed by atoms with E-state index in [9.17, 15) is 4.79 Å². The lowest BCUT2D eigenvalue weighted by Gasteiger charge is -2.36. The molecule has 134 valence electrons. The van der Waals surface area contributed by atoms with Gasteiger partial charge in [-0.2, -0.15) is 0 Å². The van der Waals surface area contributed by atoms with Gasteiger partial charge in [0, 0.05) is 50.4 Å². The van der Waals surface area contributed by atoms with Crippen LogP contribution in [-0.2, 0) is 4.79 Å². The molecule has 0 saturated carbocycles. The molecule has 24 heavy (non-hydrogen) atoms. The molecule has 0 spiro atoms. The van der Waals surface area contributed by atoms with E-state index in [0.717, 1.165) is 45.6 Å². The summed E-state index contributed by atoms with van der Waals surface area (Å²) in [4.78, 5) is 16.9. The van der Waals surface area contributed by atoms with Gasteiger partial charge < -0.3 is 10.2 Å². The lowest BCUT2D eigenvalue weighted by molar-refractivity contribution is -0.125. The Bertz CT molecular complexity index is 523. The average molecular weight is 332 g/mol. The van der Waals surface area contributed by atoms with E-state index in [-0.39, 0.29) is 17.9 Å². The Balaban J connectivity index is 1.70. The Hall–Kier alpha value is -1.55. The predicted molar refractivity (Wildman–Crippen MR) is 102 cm³/mol. The fourth-order valence-corrected chi connectivity index (χ4v) is 3.07. The van der Waals surface area contributed by atoms with Gasteiger partial charge in [0.25, 0.3) is 0 Å². The molecule has 0 aliphatic carbocycles.